The van der Waals surface area contributed by atoms with Crippen molar-refractivity contribution < 1.29 is 4.79 Å². The molecule has 0 aliphatic rings. The maximum absolute atomic E-state index is 12.2. The smallest absolute Gasteiger partial charge is 0.323 e. The van der Waals surface area contributed by atoms with Gasteiger partial charge in [-0.05, 0) is 48.7 Å². The van der Waals surface area contributed by atoms with Gasteiger partial charge in [-0.15, -0.1) is 0 Å². The van der Waals surface area contributed by atoms with E-state index in [0.29, 0.717) is 5.52 Å². The molecule has 0 aliphatic heterocycles. The van der Waals surface area contributed by atoms with E-state index in [1.807, 2.05) is 44.2 Å². The summed E-state index contributed by atoms with van der Waals surface area (Å²) in [7, 11) is 0. The van der Waals surface area contributed by atoms with Gasteiger partial charge in [0.1, 0.15) is 0 Å². The molecule has 0 spiro atoms. The van der Waals surface area contributed by atoms with Crippen molar-refractivity contribution in [3.05, 3.63) is 63.6 Å². The van der Waals surface area contributed by atoms with Crippen molar-refractivity contribution in [3.63, 3.8) is 0 Å². The summed E-state index contributed by atoms with van der Waals surface area (Å²) in [6.45, 7) is 3.96. The van der Waals surface area contributed by atoms with E-state index >= 15 is 0 Å². The number of hydrogen-bond donors (Lipinski definition) is 3. The van der Waals surface area contributed by atoms with Crippen molar-refractivity contribution in [1.29, 1.82) is 0 Å². The molecule has 0 fully saturated rings. The molecule has 0 radical (unpaired) electrons. The number of aromatic nitrogens is 2. The maximum Gasteiger partial charge on any atom is 0.323 e. The number of benzene rings is 2. The first-order valence-electron chi connectivity index (χ1n) is 7.09. The number of rotatable bonds is 3. The zero-order valence-electron chi connectivity index (χ0n) is 12.5. The van der Waals surface area contributed by atoms with E-state index in [1.165, 1.54) is 0 Å². The number of aryl methyl sites for hydroxylation is 2. The van der Waals surface area contributed by atoms with Crippen molar-refractivity contribution in [2.45, 2.75) is 20.3 Å². The summed E-state index contributed by atoms with van der Waals surface area (Å²) in [5.41, 5.74) is 5.03. The Labute approximate surface area is 127 Å². The molecule has 5 heteroatoms. The van der Waals surface area contributed by atoms with Gasteiger partial charge in [0.05, 0.1) is 17.5 Å². The molecule has 3 aromatic rings. The van der Waals surface area contributed by atoms with Gasteiger partial charge in [-0.1, -0.05) is 18.2 Å². The van der Waals surface area contributed by atoms with E-state index in [2.05, 4.69) is 15.3 Å². The third-order valence-corrected chi connectivity index (χ3v) is 3.61. The van der Waals surface area contributed by atoms with Gasteiger partial charge in [-0.25, -0.2) is 4.79 Å². The second-order valence-corrected chi connectivity index (χ2v) is 5.50. The fourth-order valence-corrected chi connectivity index (χ4v) is 2.44. The molecule has 5 nitrogen and oxygen atoms in total. The fourth-order valence-electron chi connectivity index (χ4n) is 2.44. The molecule has 3 rings (SSSR count). The summed E-state index contributed by atoms with van der Waals surface area (Å²) >= 11 is 0. The number of nitrogens with one attached hydrogen (secondary N) is 3. The average molecular weight is 295 g/mol. The monoisotopic (exact) mass is 295 g/mol. The van der Waals surface area contributed by atoms with E-state index in [0.717, 1.165) is 27.9 Å². The zero-order chi connectivity index (χ0) is 15.7. The van der Waals surface area contributed by atoms with Gasteiger partial charge in [0.2, 0.25) is 5.91 Å². The Kier molecular flexibility index (Phi) is 3.55. The predicted molar refractivity (Wildman–Crippen MR) is 87.2 cm³/mol. The molecule has 1 amide bonds. The van der Waals surface area contributed by atoms with Gasteiger partial charge in [-0.3, -0.25) is 4.79 Å². The molecule has 112 valence electrons. The number of aromatic amines is 2. The van der Waals surface area contributed by atoms with E-state index in [4.69, 9.17) is 0 Å². The van der Waals surface area contributed by atoms with Crippen molar-refractivity contribution in [2.24, 2.45) is 0 Å². The first kappa shape index (κ1) is 14.1. The average Bonchev–Trinajstić information content (AvgIpc) is 2.82. The SMILES string of the molecule is Cc1ccc(C)c(NC(=O)Cc2ccc3[nH]c(=O)[nH]c3c2)c1. The van der Waals surface area contributed by atoms with Gasteiger partial charge < -0.3 is 15.3 Å². The van der Waals surface area contributed by atoms with Crippen LogP contribution in [0.25, 0.3) is 11.0 Å². The van der Waals surface area contributed by atoms with Crippen LogP contribution in [0, 0.1) is 13.8 Å². The van der Waals surface area contributed by atoms with Crippen LogP contribution in [0.5, 0.6) is 0 Å². The molecule has 0 saturated carbocycles. The highest BCUT2D eigenvalue weighted by atomic mass is 16.1. The van der Waals surface area contributed by atoms with Gasteiger partial charge in [-0.2, -0.15) is 0 Å². The first-order chi connectivity index (χ1) is 10.5. The first-order valence-corrected chi connectivity index (χ1v) is 7.09. The number of carbonyl (C=O) groups excluding carboxylic acids is 1. The van der Waals surface area contributed by atoms with Crippen molar-refractivity contribution in [3.8, 4) is 0 Å². The minimum atomic E-state index is -0.244. The summed E-state index contributed by atoms with van der Waals surface area (Å²) in [6.07, 6.45) is 0.260. The van der Waals surface area contributed by atoms with E-state index in [-0.39, 0.29) is 18.0 Å². The van der Waals surface area contributed by atoms with Gasteiger partial charge in [0, 0.05) is 5.69 Å². The summed E-state index contributed by atoms with van der Waals surface area (Å²) in [4.78, 5) is 28.8. The summed E-state index contributed by atoms with van der Waals surface area (Å²) in [5.74, 6) is -0.0778. The Morgan fingerprint density at radius 3 is 2.64 bits per heavy atom. The molecule has 0 unspecified atom stereocenters. The minimum Gasteiger partial charge on any atom is -0.326 e. The third kappa shape index (κ3) is 2.93. The Balaban J connectivity index is 1.77. The summed E-state index contributed by atoms with van der Waals surface area (Å²) < 4.78 is 0. The Morgan fingerprint density at radius 1 is 1.05 bits per heavy atom. The zero-order valence-corrected chi connectivity index (χ0v) is 12.5. The lowest BCUT2D eigenvalue weighted by molar-refractivity contribution is -0.115. The normalized spacial score (nSPS) is 10.8. The highest BCUT2D eigenvalue weighted by molar-refractivity contribution is 5.93. The number of amides is 1. The second-order valence-electron chi connectivity index (χ2n) is 5.50. The summed E-state index contributed by atoms with van der Waals surface area (Å²) in [5, 5.41) is 2.93. The molecule has 0 atom stereocenters. The van der Waals surface area contributed by atoms with Gasteiger partial charge in [0.25, 0.3) is 0 Å². The fraction of sp³-hybridized carbons (Fsp3) is 0.176. The van der Waals surface area contributed by atoms with Gasteiger partial charge >= 0.3 is 5.69 Å². The maximum atomic E-state index is 12.2. The molecule has 1 aromatic heterocycles. The lowest BCUT2D eigenvalue weighted by Gasteiger charge is -2.09. The molecule has 22 heavy (non-hydrogen) atoms. The molecular weight excluding hydrogens is 278 g/mol. The Bertz CT molecular complexity index is 906. The van der Waals surface area contributed by atoms with Crippen LogP contribution in [0.4, 0.5) is 5.69 Å². The third-order valence-electron chi connectivity index (χ3n) is 3.61. The topological polar surface area (TPSA) is 77.8 Å². The number of hydrogen-bond acceptors (Lipinski definition) is 2. The second kappa shape index (κ2) is 5.52. The molecule has 3 N–H and O–H groups in total. The number of fused-ring (bicyclic) bond motifs is 1. The molecule has 2 aromatic carbocycles. The van der Waals surface area contributed by atoms with Crippen LogP contribution >= 0.6 is 0 Å². The number of H-pyrrole nitrogens is 2. The van der Waals surface area contributed by atoms with Crippen LogP contribution < -0.4 is 11.0 Å². The van der Waals surface area contributed by atoms with Crippen LogP contribution in [0.1, 0.15) is 16.7 Å². The number of carbonyl (C=O) groups is 1. The molecule has 0 bridgehead atoms. The quantitative estimate of drug-likeness (QED) is 0.694. The van der Waals surface area contributed by atoms with Crippen LogP contribution in [-0.4, -0.2) is 15.9 Å². The lowest BCUT2D eigenvalue weighted by atomic mass is 10.1. The van der Waals surface area contributed by atoms with Crippen molar-refractivity contribution >= 4 is 22.6 Å². The number of anilines is 1. The molecule has 0 saturated heterocycles. The highest BCUT2D eigenvalue weighted by Gasteiger charge is 2.08. The molecule has 0 aliphatic carbocycles. The van der Waals surface area contributed by atoms with Gasteiger partial charge in [0.15, 0.2) is 0 Å². The largest absolute Gasteiger partial charge is 0.326 e. The number of imidazole rings is 1. The van der Waals surface area contributed by atoms with Crippen molar-refractivity contribution in [2.75, 3.05) is 5.32 Å². The minimum absolute atomic E-state index is 0.0778. The van der Waals surface area contributed by atoms with Crippen LogP contribution in [0.15, 0.2) is 41.2 Å². The highest BCUT2D eigenvalue weighted by Crippen LogP contribution is 2.17. The Morgan fingerprint density at radius 2 is 1.82 bits per heavy atom. The van der Waals surface area contributed by atoms with E-state index in [1.54, 1.807) is 6.07 Å². The standard InChI is InChI=1S/C17H17N3O2/c1-10-3-4-11(2)14(7-10)18-16(21)9-12-5-6-13-15(8-12)20-17(22)19-13/h3-8H,9H2,1-2H3,(H,18,21)(H2,19,20,22). The van der Waals surface area contributed by atoms with Crippen LogP contribution in [-0.2, 0) is 11.2 Å². The van der Waals surface area contributed by atoms with Crippen molar-refractivity contribution in [1.82, 2.24) is 9.97 Å². The van der Waals surface area contributed by atoms with E-state index in [9.17, 15) is 9.59 Å². The van der Waals surface area contributed by atoms with Crippen LogP contribution in [0.2, 0.25) is 0 Å². The molecule has 1 heterocycles. The summed E-state index contributed by atoms with van der Waals surface area (Å²) in [6, 6.07) is 11.4. The predicted octanol–water partition coefficient (Wildman–Crippen LogP) is 2.65. The van der Waals surface area contributed by atoms with E-state index < -0.39 is 0 Å². The molecular formula is C17H17N3O2. The van der Waals surface area contributed by atoms with Crippen LogP contribution in [0.3, 0.4) is 0 Å². The lowest BCUT2D eigenvalue weighted by Crippen LogP contribution is -2.15. The Hall–Kier alpha value is -2.82.